The van der Waals surface area contributed by atoms with Crippen LogP contribution in [0.3, 0.4) is 0 Å². The zero-order valence-electron chi connectivity index (χ0n) is 9.37. The molecule has 0 amide bonds. The second-order valence-corrected chi connectivity index (χ2v) is 3.67. The molecule has 88 valence electrons. The summed E-state index contributed by atoms with van der Waals surface area (Å²) in [5.74, 6) is -0.407. The third-order valence-electron chi connectivity index (χ3n) is 2.35. The molecule has 6 heteroatoms. The SMILES string of the molecule is CN(CCC(=O)O)c1nnc2ccccc2n1. The maximum Gasteiger partial charge on any atom is 0.305 e. The molecule has 0 fully saturated rings. The summed E-state index contributed by atoms with van der Waals surface area (Å²) >= 11 is 0. The van der Waals surface area contributed by atoms with E-state index < -0.39 is 5.97 Å². The first kappa shape index (κ1) is 11.3. The second-order valence-electron chi connectivity index (χ2n) is 3.67. The standard InChI is InChI=1S/C11H12N4O2/c1-15(7-6-10(16)17)11-12-8-4-2-3-5-9(8)13-14-11/h2-5H,6-7H2,1H3,(H,16,17). The third kappa shape index (κ3) is 2.66. The molecule has 1 N–H and O–H groups in total. The van der Waals surface area contributed by atoms with Crippen LogP contribution in [-0.4, -0.2) is 39.8 Å². The third-order valence-corrected chi connectivity index (χ3v) is 2.35. The molecule has 2 aromatic rings. The summed E-state index contributed by atoms with van der Waals surface area (Å²) in [7, 11) is 1.74. The lowest BCUT2D eigenvalue weighted by molar-refractivity contribution is -0.136. The first-order chi connectivity index (χ1) is 8.16. The van der Waals surface area contributed by atoms with E-state index in [9.17, 15) is 4.79 Å². The van der Waals surface area contributed by atoms with Gasteiger partial charge in [-0.15, -0.1) is 10.2 Å². The summed E-state index contributed by atoms with van der Waals surface area (Å²) in [6.07, 6.45) is 0.0483. The average Bonchev–Trinajstić information content (AvgIpc) is 2.35. The maximum atomic E-state index is 10.5. The zero-order chi connectivity index (χ0) is 12.3. The van der Waals surface area contributed by atoms with Crippen molar-refractivity contribution in [3.8, 4) is 0 Å². The molecular formula is C11H12N4O2. The van der Waals surface area contributed by atoms with Crippen LogP contribution < -0.4 is 4.90 Å². The van der Waals surface area contributed by atoms with Gasteiger partial charge in [0.25, 0.3) is 0 Å². The van der Waals surface area contributed by atoms with Crippen LogP contribution in [0.4, 0.5) is 5.95 Å². The molecule has 0 saturated carbocycles. The number of anilines is 1. The van der Waals surface area contributed by atoms with Crippen molar-refractivity contribution in [2.45, 2.75) is 6.42 Å². The molecule has 0 aliphatic carbocycles. The number of hydrogen-bond donors (Lipinski definition) is 1. The Hall–Kier alpha value is -2.24. The van der Waals surface area contributed by atoms with E-state index in [0.29, 0.717) is 12.5 Å². The van der Waals surface area contributed by atoms with Gasteiger partial charge < -0.3 is 10.0 Å². The van der Waals surface area contributed by atoms with Crippen LogP contribution in [0.5, 0.6) is 0 Å². The Morgan fingerprint density at radius 1 is 1.29 bits per heavy atom. The Morgan fingerprint density at radius 2 is 2.00 bits per heavy atom. The predicted molar refractivity (Wildman–Crippen MR) is 62.9 cm³/mol. The largest absolute Gasteiger partial charge is 0.481 e. The van der Waals surface area contributed by atoms with Crippen LogP contribution in [0.15, 0.2) is 24.3 Å². The molecule has 0 radical (unpaired) electrons. The number of hydrogen-bond acceptors (Lipinski definition) is 5. The molecule has 17 heavy (non-hydrogen) atoms. The van der Waals surface area contributed by atoms with E-state index in [4.69, 9.17) is 5.11 Å². The highest BCUT2D eigenvalue weighted by atomic mass is 16.4. The molecule has 2 rings (SSSR count). The minimum Gasteiger partial charge on any atom is -0.481 e. The second kappa shape index (κ2) is 4.73. The molecule has 0 unspecified atom stereocenters. The van der Waals surface area contributed by atoms with Gasteiger partial charge in [0.15, 0.2) is 0 Å². The van der Waals surface area contributed by atoms with E-state index in [1.54, 1.807) is 11.9 Å². The van der Waals surface area contributed by atoms with Gasteiger partial charge in [-0.25, -0.2) is 4.98 Å². The number of fused-ring (bicyclic) bond motifs is 1. The van der Waals surface area contributed by atoms with Gasteiger partial charge in [-0.3, -0.25) is 4.79 Å². The Balaban J connectivity index is 2.20. The number of aromatic nitrogens is 3. The molecule has 6 nitrogen and oxygen atoms in total. The molecule has 0 bridgehead atoms. The molecule has 0 atom stereocenters. The van der Waals surface area contributed by atoms with Crippen LogP contribution in [0.25, 0.3) is 11.0 Å². The van der Waals surface area contributed by atoms with Gasteiger partial charge in [0.05, 0.1) is 11.9 Å². The van der Waals surface area contributed by atoms with Crippen molar-refractivity contribution in [2.24, 2.45) is 0 Å². The molecule has 0 spiro atoms. The summed E-state index contributed by atoms with van der Waals surface area (Å²) in [4.78, 5) is 16.5. The van der Waals surface area contributed by atoms with Crippen molar-refractivity contribution in [2.75, 3.05) is 18.5 Å². The zero-order valence-corrected chi connectivity index (χ0v) is 9.37. The van der Waals surface area contributed by atoms with E-state index in [0.717, 1.165) is 11.0 Å². The van der Waals surface area contributed by atoms with Crippen molar-refractivity contribution in [3.05, 3.63) is 24.3 Å². The first-order valence-electron chi connectivity index (χ1n) is 5.19. The molecule has 0 aliphatic heterocycles. The minimum atomic E-state index is -0.842. The Kier molecular flexibility index (Phi) is 3.13. The lowest BCUT2D eigenvalue weighted by Crippen LogP contribution is -2.23. The topological polar surface area (TPSA) is 79.2 Å². The number of benzene rings is 1. The van der Waals surface area contributed by atoms with Gasteiger partial charge in [-0.1, -0.05) is 12.1 Å². The Morgan fingerprint density at radius 3 is 2.71 bits per heavy atom. The lowest BCUT2D eigenvalue weighted by atomic mass is 10.3. The first-order valence-corrected chi connectivity index (χ1v) is 5.19. The number of aliphatic carboxylic acids is 1. The van der Waals surface area contributed by atoms with Crippen molar-refractivity contribution >= 4 is 23.0 Å². The normalized spacial score (nSPS) is 10.4. The number of rotatable bonds is 4. The van der Waals surface area contributed by atoms with Crippen LogP contribution in [-0.2, 0) is 4.79 Å². The molecule has 1 aromatic heterocycles. The van der Waals surface area contributed by atoms with Gasteiger partial charge in [0.2, 0.25) is 5.95 Å². The quantitative estimate of drug-likeness (QED) is 0.845. The van der Waals surface area contributed by atoms with E-state index in [1.165, 1.54) is 0 Å². The maximum absolute atomic E-state index is 10.5. The molecule has 0 saturated heterocycles. The summed E-state index contributed by atoms with van der Waals surface area (Å²) in [5, 5.41) is 16.6. The highest BCUT2D eigenvalue weighted by Crippen LogP contribution is 2.11. The number of carboxylic acid groups (broad SMARTS) is 1. The van der Waals surface area contributed by atoms with E-state index in [-0.39, 0.29) is 6.42 Å². The summed E-state index contributed by atoms with van der Waals surface area (Å²) in [5.41, 5.74) is 1.47. The van der Waals surface area contributed by atoms with Gasteiger partial charge >= 0.3 is 5.97 Å². The van der Waals surface area contributed by atoms with Gasteiger partial charge in [0.1, 0.15) is 5.52 Å². The van der Waals surface area contributed by atoms with Crippen molar-refractivity contribution in [1.82, 2.24) is 15.2 Å². The molecular weight excluding hydrogens is 220 g/mol. The van der Waals surface area contributed by atoms with E-state index in [1.807, 2.05) is 24.3 Å². The average molecular weight is 232 g/mol. The number of para-hydroxylation sites is 1. The van der Waals surface area contributed by atoms with Crippen molar-refractivity contribution in [3.63, 3.8) is 0 Å². The van der Waals surface area contributed by atoms with E-state index >= 15 is 0 Å². The van der Waals surface area contributed by atoms with Crippen LogP contribution in [0, 0.1) is 0 Å². The predicted octanol–water partition coefficient (Wildman–Crippen LogP) is 0.936. The minimum absolute atomic E-state index is 0.0483. The number of carbonyl (C=O) groups is 1. The summed E-state index contributed by atoms with van der Waals surface area (Å²) in [6, 6.07) is 7.42. The monoisotopic (exact) mass is 232 g/mol. The Bertz CT molecular complexity index is 544. The van der Waals surface area contributed by atoms with Crippen molar-refractivity contribution < 1.29 is 9.90 Å². The number of carboxylic acids is 1. The van der Waals surface area contributed by atoms with Crippen LogP contribution >= 0.6 is 0 Å². The number of nitrogens with zero attached hydrogens (tertiary/aromatic N) is 4. The fourth-order valence-electron chi connectivity index (χ4n) is 1.40. The Labute approximate surface area is 97.9 Å². The smallest absolute Gasteiger partial charge is 0.305 e. The van der Waals surface area contributed by atoms with Crippen LogP contribution in [0.1, 0.15) is 6.42 Å². The van der Waals surface area contributed by atoms with Crippen LogP contribution in [0.2, 0.25) is 0 Å². The summed E-state index contributed by atoms with van der Waals surface area (Å²) < 4.78 is 0. The summed E-state index contributed by atoms with van der Waals surface area (Å²) in [6.45, 7) is 0.357. The van der Waals surface area contributed by atoms with E-state index in [2.05, 4.69) is 15.2 Å². The molecule has 1 aromatic carbocycles. The van der Waals surface area contributed by atoms with Gasteiger partial charge in [-0.05, 0) is 12.1 Å². The van der Waals surface area contributed by atoms with Gasteiger partial charge in [0, 0.05) is 13.6 Å². The van der Waals surface area contributed by atoms with Crippen molar-refractivity contribution in [1.29, 1.82) is 0 Å². The lowest BCUT2D eigenvalue weighted by Gasteiger charge is -2.14. The highest BCUT2D eigenvalue weighted by Gasteiger charge is 2.08. The van der Waals surface area contributed by atoms with Gasteiger partial charge in [-0.2, -0.15) is 0 Å². The molecule has 0 aliphatic rings. The fraction of sp³-hybridized carbons (Fsp3) is 0.273. The molecule has 1 heterocycles. The fourth-order valence-corrected chi connectivity index (χ4v) is 1.40. The highest BCUT2D eigenvalue weighted by molar-refractivity contribution is 5.74.